The second-order valence-corrected chi connectivity index (χ2v) is 2.52. The van der Waals surface area contributed by atoms with E-state index in [9.17, 15) is 0 Å². The quantitative estimate of drug-likeness (QED) is 0.398. The van der Waals surface area contributed by atoms with Gasteiger partial charge in [0.2, 0.25) is 0 Å². The molecule has 0 aliphatic carbocycles. The average molecular weight is 208 g/mol. The van der Waals surface area contributed by atoms with E-state index in [4.69, 9.17) is 16.9 Å². The number of halogens is 1. The fourth-order valence-corrected chi connectivity index (χ4v) is 0.838. The van der Waals surface area contributed by atoms with Gasteiger partial charge in [0.05, 0.1) is 6.04 Å². The van der Waals surface area contributed by atoms with Crippen molar-refractivity contribution in [3.63, 3.8) is 0 Å². The van der Waals surface area contributed by atoms with E-state index < -0.39 is 0 Å². The molecule has 0 aromatic carbocycles. The van der Waals surface area contributed by atoms with Gasteiger partial charge in [-0.1, -0.05) is 13.8 Å². The molecule has 0 saturated carbocycles. The van der Waals surface area contributed by atoms with E-state index >= 15 is 0 Å². The zero-order valence-electron chi connectivity index (χ0n) is 8.00. The summed E-state index contributed by atoms with van der Waals surface area (Å²) >= 11 is 0. The van der Waals surface area contributed by atoms with E-state index in [1.165, 1.54) is 0 Å². The molecule has 0 radical (unpaired) electrons. The number of guanidine groups is 2. The minimum absolute atomic E-state index is 0. The highest BCUT2D eigenvalue weighted by atomic mass is 35.5. The van der Waals surface area contributed by atoms with Gasteiger partial charge in [-0.2, -0.15) is 0 Å². The average Bonchev–Trinajstić information content (AvgIpc) is 1.98. The smallest absolute Gasteiger partial charge is 0.195 e. The normalized spacial score (nSPS) is 10.8. The Bertz CT molecular complexity index is 176. The van der Waals surface area contributed by atoms with Crippen LogP contribution in [0.5, 0.6) is 0 Å². The van der Waals surface area contributed by atoms with Crippen molar-refractivity contribution in [2.24, 2.45) is 16.5 Å². The van der Waals surface area contributed by atoms with Gasteiger partial charge in [0.15, 0.2) is 11.9 Å². The van der Waals surface area contributed by atoms with Gasteiger partial charge in [-0.3, -0.25) is 10.7 Å². The van der Waals surface area contributed by atoms with Gasteiger partial charge < -0.3 is 11.5 Å². The van der Waals surface area contributed by atoms with E-state index in [0.717, 1.165) is 12.8 Å². The van der Waals surface area contributed by atoms with E-state index in [1.807, 2.05) is 13.8 Å². The highest BCUT2D eigenvalue weighted by molar-refractivity contribution is 5.95. The van der Waals surface area contributed by atoms with Crippen LogP contribution in [0.2, 0.25) is 0 Å². The van der Waals surface area contributed by atoms with Crippen LogP contribution in [0.25, 0.3) is 0 Å². The highest BCUT2D eigenvalue weighted by Gasteiger charge is 2.01. The molecule has 13 heavy (non-hydrogen) atoms. The predicted molar refractivity (Wildman–Crippen MR) is 58.3 cm³/mol. The van der Waals surface area contributed by atoms with Crippen LogP contribution >= 0.6 is 12.4 Å². The Morgan fingerprint density at radius 1 is 1.38 bits per heavy atom. The number of nitrogens with two attached hydrogens (primary N) is 2. The van der Waals surface area contributed by atoms with Gasteiger partial charge in [0.1, 0.15) is 0 Å². The van der Waals surface area contributed by atoms with Crippen LogP contribution in [0.15, 0.2) is 4.99 Å². The molecule has 6 heteroatoms. The maximum Gasteiger partial charge on any atom is 0.195 e. The molecular formula is C7H18ClN5. The molecule has 0 atom stereocenters. The number of hydrogen-bond acceptors (Lipinski definition) is 2. The number of aliphatic imine (C=N–C) groups is 1. The third kappa shape index (κ3) is 7.39. The fourth-order valence-electron chi connectivity index (χ4n) is 0.838. The molecule has 0 aliphatic rings. The van der Waals surface area contributed by atoms with Crippen LogP contribution < -0.4 is 16.8 Å². The molecule has 5 nitrogen and oxygen atoms in total. The van der Waals surface area contributed by atoms with Gasteiger partial charge in [-0.05, 0) is 12.8 Å². The molecule has 6 N–H and O–H groups in total. The van der Waals surface area contributed by atoms with Crippen molar-refractivity contribution in [2.75, 3.05) is 0 Å². The molecule has 0 bridgehead atoms. The summed E-state index contributed by atoms with van der Waals surface area (Å²) < 4.78 is 0. The van der Waals surface area contributed by atoms with Gasteiger partial charge in [0, 0.05) is 0 Å². The third-order valence-electron chi connectivity index (χ3n) is 1.53. The molecule has 0 aliphatic heterocycles. The summed E-state index contributed by atoms with van der Waals surface area (Å²) in [4.78, 5) is 4.12. The van der Waals surface area contributed by atoms with Crippen molar-refractivity contribution in [2.45, 2.75) is 32.7 Å². The summed E-state index contributed by atoms with van der Waals surface area (Å²) in [6.07, 6.45) is 1.88. The first-order valence-electron chi connectivity index (χ1n) is 4.04. The second-order valence-electron chi connectivity index (χ2n) is 2.52. The molecule has 0 amide bonds. The second kappa shape index (κ2) is 7.67. The van der Waals surface area contributed by atoms with Crippen LogP contribution in [-0.4, -0.2) is 18.0 Å². The highest BCUT2D eigenvalue weighted by Crippen LogP contribution is 2.00. The largest absolute Gasteiger partial charge is 0.370 e. The molecule has 0 saturated heterocycles. The van der Waals surface area contributed by atoms with E-state index in [-0.39, 0.29) is 30.4 Å². The third-order valence-corrected chi connectivity index (χ3v) is 1.53. The van der Waals surface area contributed by atoms with Gasteiger partial charge in [-0.15, -0.1) is 12.4 Å². The topological polar surface area (TPSA) is 100 Å². The van der Waals surface area contributed by atoms with Gasteiger partial charge in [0.25, 0.3) is 0 Å². The first-order valence-corrected chi connectivity index (χ1v) is 4.04. The minimum Gasteiger partial charge on any atom is -0.370 e. The van der Waals surface area contributed by atoms with E-state index in [2.05, 4.69) is 10.3 Å². The van der Waals surface area contributed by atoms with Crippen molar-refractivity contribution < 1.29 is 0 Å². The van der Waals surface area contributed by atoms with Crippen LogP contribution in [0, 0.1) is 5.41 Å². The van der Waals surface area contributed by atoms with Crippen molar-refractivity contribution in [1.82, 2.24) is 5.32 Å². The Kier molecular flexibility index (Phi) is 8.58. The summed E-state index contributed by atoms with van der Waals surface area (Å²) in [6.45, 7) is 4.08. The predicted octanol–water partition coefficient (Wildman–Crippen LogP) is 0.395. The van der Waals surface area contributed by atoms with E-state index in [1.54, 1.807) is 0 Å². The number of nitrogens with one attached hydrogen (secondary N) is 2. The molecule has 0 aromatic rings. The Morgan fingerprint density at radius 2 is 1.85 bits per heavy atom. The maximum absolute atomic E-state index is 6.89. The number of rotatable bonds is 3. The Labute approximate surface area is 84.9 Å². The van der Waals surface area contributed by atoms with Crippen molar-refractivity contribution in [3.8, 4) is 0 Å². The van der Waals surface area contributed by atoms with Crippen LogP contribution in [0.1, 0.15) is 26.7 Å². The monoisotopic (exact) mass is 207 g/mol. The number of nitrogens with zero attached hydrogens (tertiary/aromatic N) is 1. The van der Waals surface area contributed by atoms with Crippen molar-refractivity contribution in [3.05, 3.63) is 0 Å². The lowest BCUT2D eigenvalue weighted by molar-refractivity contribution is 0.629. The lowest BCUT2D eigenvalue weighted by Crippen LogP contribution is -2.41. The lowest BCUT2D eigenvalue weighted by atomic mass is 10.2. The molecule has 0 heterocycles. The van der Waals surface area contributed by atoms with Crippen LogP contribution in [-0.2, 0) is 0 Å². The van der Waals surface area contributed by atoms with Gasteiger partial charge in [-0.25, -0.2) is 4.99 Å². The molecule has 0 aromatic heterocycles. The first-order chi connectivity index (χ1) is 5.60. The Hall–Kier alpha value is -0.970. The Morgan fingerprint density at radius 3 is 2.15 bits per heavy atom. The first kappa shape index (κ1) is 14.5. The summed E-state index contributed by atoms with van der Waals surface area (Å²) in [6, 6.07) is 0.219. The SMILES string of the molecule is CCC(CC)N=C(N)NC(=N)N.Cl. The minimum atomic E-state index is -0.179. The molecule has 0 rings (SSSR count). The Balaban J connectivity index is 0. The van der Waals surface area contributed by atoms with Crippen LogP contribution in [0.4, 0.5) is 0 Å². The lowest BCUT2D eigenvalue weighted by Gasteiger charge is -2.08. The molecule has 0 unspecified atom stereocenters. The molecule has 78 valence electrons. The van der Waals surface area contributed by atoms with Crippen molar-refractivity contribution >= 4 is 24.3 Å². The van der Waals surface area contributed by atoms with Crippen LogP contribution in [0.3, 0.4) is 0 Å². The number of hydrogen-bond donors (Lipinski definition) is 4. The summed E-state index contributed by atoms with van der Waals surface area (Å²) in [7, 11) is 0. The summed E-state index contributed by atoms with van der Waals surface area (Å²) in [5.74, 6) is 0.0402. The van der Waals surface area contributed by atoms with Crippen molar-refractivity contribution in [1.29, 1.82) is 5.41 Å². The molecule has 0 fully saturated rings. The standard InChI is InChI=1S/C7H17N5.ClH/c1-3-5(4-2)11-7(10)12-6(8)9;/h5H,3-4H2,1-2H3,(H6,8,9,10,11,12);1H. The zero-order valence-corrected chi connectivity index (χ0v) is 8.82. The molecule has 0 spiro atoms. The fraction of sp³-hybridized carbons (Fsp3) is 0.714. The summed E-state index contributed by atoms with van der Waals surface area (Å²) in [5, 5.41) is 9.32. The zero-order chi connectivity index (χ0) is 9.56. The van der Waals surface area contributed by atoms with Gasteiger partial charge >= 0.3 is 0 Å². The molecular weight excluding hydrogens is 190 g/mol. The summed E-state index contributed by atoms with van der Waals surface area (Å²) in [5.41, 5.74) is 10.5. The van der Waals surface area contributed by atoms with E-state index in [0.29, 0.717) is 0 Å². The maximum atomic E-state index is 6.89.